The summed E-state index contributed by atoms with van der Waals surface area (Å²) in [5.74, 6) is 0.818. The second kappa shape index (κ2) is 7.20. The predicted octanol–water partition coefficient (Wildman–Crippen LogP) is 2.57. The molecule has 1 N–H and O–H groups in total. The van der Waals surface area contributed by atoms with Crippen LogP contribution in [-0.4, -0.2) is 18.5 Å². The molecule has 0 saturated carbocycles. The van der Waals surface area contributed by atoms with Gasteiger partial charge in [0.15, 0.2) is 0 Å². The molecule has 1 atom stereocenters. The zero-order valence-electron chi connectivity index (χ0n) is 6.81. The molecule has 1 nitrogen and oxygen atoms in total. The molecule has 0 aromatic heterocycles. The van der Waals surface area contributed by atoms with E-state index in [-0.39, 0.29) is 12.4 Å². The average Bonchev–Trinajstić information content (AvgIpc) is 2.03. The third-order valence-electron chi connectivity index (χ3n) is 2.10. The molecule has 0 amide bonds. The zero-order valence-corrected chi connectivity index (χ0v) is 8.39. The Morgan fingerprint density at radius 1 is 1.36 bits per heavy atom. The summed E-state index contributed by atoms with van der Waals surface area (Å²) in [5.41, 5.74) is 0. The van der Waals surface area contributed by atoms with Gasteiger partial charge >= 0.3 is 0 Å². The third-order valence-corrected chi connectivity index (χ3v) is 2.37. The van der Waals surface area contributed by atoms with E-state index in [1.165, 1.54) is 38.6 Å². The largest absolute Gasteiger partial charge is 0.314 e. The Bertz CT molecular complexity index is 82.2. The van der Waals surface area contributed by atoms with Gasteiger partial charge in [0.25, 0.3) is 0 Å². The fourth-order valence-electron chi connectivity index (χ4n) is 1.49. The molecule has 0 aliphatic carbocycles. The number of alkyl halides is 1. The molecule has 0 aromatic carbocycles. The van der Waals surface area contributed by atoms with E-state index in [2.05, 4.69) is 5.32 Å². The van der Waals surface area contributed by atoms with Gasteiger partial charge in [-0.05, 0) is 32.2 Å². The predicted molar refractivity (Wildman–Crippen MR) is 52.8 cm³/mol. The summed E-state index contributed by atoms with van der Waals surface area (Å²) in [6, 6.07) is 0.771. The van der Waals surface area contributed by atoms with Gasteiger partial charge in [0.1, 0.15) is 0 Å². The van der Waals surface area contributed by atoms with Crippen LogP contribution in [0.25, 0.3) is 0 Å². The molecule has 68 valence electrons. The Kier molecular flexibility index (Phi) is 7.56. The van der Waals surface area contributed by atoms with Crippen LogP contribution in [0, 0.1) is 0 Å². The molecular weight excluding hydrogens is 181 g/mol. The van der Waals surface area contributed by atoms with Crippen LogP contribution in [0.15, 0.2) is 0 Å². The lowest BCUT2D eigenvalue weighted by Crippen LogP contribution is -2.33. The number of hydrogen-bond acceptors (Lipinski definition) is 1. The van der Waals surface area contributed by atoms with E-state index in [0.29, 0.717) is 0 Å². The number of piperidine rings is 1. The first kappa shape index (κ1) is 11.5. The summed E-state index contributed by atoms with van der Waals surface area (Å²) >= 11 is 5.59. The molecule has 0 spiro atoms. The van der Waals surface area contributed by atoms with E-state index in [1.807, 2.05) is 0 Å². The summed E-state index contributed by atoms with van der Waals surface area (Å²) in [7, 11) is 0. The Balaban J connectivity index is 0.000001000. The lowest BCUT2D eigenvalue weighted by atomic mass is 10.0. The van der Waals surface area contributed by atoms with E-state index in [1.54, 1.807) is 0 Å². The molecule has 1 rings (SSSR count). The van der Waals surface area contributed by atoms with Crippen molar-refractivity contribution in [2.75, 3.05) is 12.4 Å². The highest BCUT2D eigenvalue weighted by Crippen LogP contribution is 2.11. The summed E-state index contributed by atoms with van der Waals surface area (Å²) in [6.07, 6.45) is 6.55. The van der Waals surface area contributed by atoms with Crippen molar-refractivity contribution in [3.8, 4) is 0 Å². The van der Waals surface area contributed by atoms with Crippen LogP contribution in [0.1, 0.15) is 32.1 Å². The molecule has 0 aromatic rings. The van der Waals surface area contributed by atoms with Crippen LogP contribution in [0.5, 0.6) is 0 Å². The van der Waals surface area contributed by atoms with Crippen LogP contribution in [-0.2, 0) is 0 Å². The maximum atomic E-state index is 5.59. The average molecular weight is 198 g/mol. The molecule has 1 fully saturated rings. The minimum absolute atomic E-state index is 0. The molecule has 0 radical (unpaired) electrons. The number of halogens is 2. The van der Waals surface area contributed by atoms with Crippen LogP contribution < -0.4 is 5.32 Å². The lowest BCUT2D eigenvalue weighted by Gasteiger charge is -2.22. The van der Waals surface area contributed by atoms with Crippen LogP contribution in [0.4, 0.5) is 0 Å². The quantitative estimate of drug-likeness (QED) is 0.687. The Hall–Kier alpha value is 0.540. The van der Waals surface area contributed by atoms with Crippen molar-refractivity contribution in [1.82, 2.24) is 5.32 Å². The highest BCUT2D eigenvalue weighted by molar-refractivity contribution is 6.17. The first-order chi connectivity index (χ1) is 4.93. The van der Waals surface area contributed by atoms with Crippen molar-refractivity contribution in [3.05, 3.63) is 0 Å². The zero-order chi connectivity index (χ0) is 7.23. The fourth-order valence-corrected chi connectivity index (χ4v) is 1.65. The SMILES string of the molecule is Cl.ClCCCC1CCCCN1. The maximum Gasteiger partial charge on any atom is 0.0224 e. The van der Waals surface area contributed by atoms with Gasteiger partial charge < -0.3 is 5.32 Å². The Labute approximate surface area is 80.3 Å². The van der Waals surface area contributed by atoms with E-state index in [0.717, 1.165) is 11.9 Å². The van der Waals surface area contributed by atoms with Crippen molar-refractivity contribution in [2.45, 2.75) is 38.1 Å². The summed E-state index contributed by atoms with van der Waals surface area (Å²) in [4.78, 5) is 0. The highest BCUT2D eigenvalue weighted by Gasteiger charge is 2.10. The van der Waals surface area contributed by atoms with Crippen molar-refractivity contribution >= 4 is 24.0 Å². The molecule has 0 bridgehead atoms. The maximum absolute atomic E-state index is 5.59. The van der Waals surface area contributed by atoms with Crippen molar-refractivity contribution in [2.24, 2.45) is 0 Å². The molecule has 1 heterocycles. The van der Waals surface area contributed by atoms with E-state index < -0.39 is 0 Å². The number of rotatable bonds is 3. The van der Waals surface area contributed by atoms with Crippen molar-refractivity contribution in [1.29, 1.82) is 0 Å². The van der Waals surface area contributed by atoms with E-state index >= 15 is 0 Å². The minimum Gasteiger partial charge on any atom is -0.314 e. The number of nitrogens with one attached hydrogen (secondary N) is 1. The summed E-state index contributed by atoms with van der Waals surface area (Å²) < 4.78 is 0. The van der Waals surface area contributed by atoms with Crippen LogP contribution >= 0.6 is 24.0 Å². The van der Waals surface area contributed by atoms with Gasteiger partial charge in [-0.25, -0.2) is 0 Å². The molecule has 1 saturated heterocycles. The van der Waals surface area contributed by atoms with Crippen LogP contribution in [0.3, 0.4) is 0 Å². The van der Waals surface area contributed by atoms with E-state index in [9.17, 15) is 0 Å². The topological polar surface area (TPSA) is 12.0 Å². The molecule has 1 unspecified atom stereocenters. The summed E-state index contributed by atoms with van der Waals surface area (Å²) in [5, 5.41) is 3.50. The lowest BCUT2D eigenvalue weighted by molar-refractivity contribution is 0.380. The molecule has 1 aliphatic rings. The van der Waals surface area contributed by atoms with Gasteiger partial charge in [-0.3, -0.25) is 0 Å². The minimum atomic E-state index is 0. The molecule has 3 heteroatoms. The van der Waals surface area contributed by atoms with Gasteiger partial charge in [-0.15, -0.1) is 24.0 Å². The van der Waals surface area contributed by atoms with Crippen LogP contribution in [0.2, 0.25) is 0 Å². The van der Waals surface area contributed by atoms with Crippen molar-refractivity contribution < 1.29 is 0 Å². The number of hydrogen-bond donors (Lipinski definition) is 1. The Morgan fingerprint density at radius 3 is 2.73 bits per heavy atom. The summed E-state index contributed by atoms with van der Waals surface area (Å²) in [6.45, 7) is 1.22. The van der Waals surface area contributed by atoms with E-state index in [4.69, 9.17) is 11.6 Å². The van der Waals surface area contributed by atoms with Gasteiger partial charge in [-0.1, -0.05) is 6.42 Å². The molecular formula is C8H17Cl2N. The fraction of sp³-hybridized carbons (Fsp3) is 1.00. The second-order valence-corrected chi connectivity index (χ2v) is 3.36. The molecule has 1 aliphatic heterocycles. The van der Waals surface area contributed by atoms with Gasteiger partial charge in [-0.2, -0.15) is 0 Å². The second-order valence-electron chi connectivity index (χ2n) is 2.98. The first-order valence-corrected chi connectivity index (χ1v) is 4.76. The molecule has 11 heavy (non-hydrogen) atoms. The third kappa shape index (κ3) is 4.89. The smallest absolute Gasteiger partial charge is 0.0224 e. The Morgan fingerprint density at radius 2 is 2.18 bits per heavy atom. The normalized spacial score (nSPS) is 24.3. The van der Waals surface area contributed by atoms with Gasteiger partial charge in [0.2, 0.25) is 0 Å². The first-order valence-electron chi connectivity index (χ1n) is 4.23. The standard InChI is InChI=1S/C8H16ClN.ClH/c9-6-3-5-8-4-1-2-7-10-8;/h8,10H,1-7H2;1H. The van der Waals surface area contributed by atoms with Crippen molar-refractivity contribution in [3.63, 3.8) is 0 Å². The monoisotopic (exact) mass is 197 g/mol. The van der Waals surface area contributed by atoms with Gasteiger partial charge in [0.05, 0.1) is 0 Å². The van der Waals surface area contributed by atoms with Gasteiger partial charge in [0, 0.05) is 11.9 Å². The highest BCUT2D eigenvalue weighted by atomic mass is 35.5.